The van der Waals surface area contributed by atoms with Crippen LogP contribution in [0.5, 0.6) is 0 Å². The number of hydrogen-bond donors (Lipinski definition) is 1. The van der Waals surface area contributed by atoms with Crippen molar-refractivity contribution in [2.45, 2.75) is 79.7 Å². The van der Waals surface area contributed by atoms with Gasteiger partial charge in [0.1, 0.15) is 5.91 Å². The van der Waals surface area contributed by atoms with Gasteiger partial charge in [-0.15, -0.1) is 5.06 Å². The smallest absolute Gasteiger partial charge is 0.333 e. The maximum Gasteiger partial charge on any atom is 0.333 e. The van der Waals surface area contributed by atoms with E-state index in [9.17, 15) is 19.2 Å². The molecule has 0 aromatic rings. The minimum Gasteiger partial charge on any atom is -0.382 e. The minimum absolute atomic E-state index is 0. The molecule has 1 aliphatic rings. The maximum absolute atomic E-state index is 10.9. The summed E-state index contributed by atoms with van der Waals surface area (Å²) in [4.78, 5) is 48.0. The summed E-state index contributed by atoms with van der Waals surface area (Å²) < 4.78 is 5.20. The summed E-state index contributed by atoms with van der Waals surface area (Å²) in [6.07, 6.45) is 2.87. The third-order valence-electron chi connectivity index (χ3n) is 3.12. The molecule has 1 saturated heterocycles. The number of hydroxylamine groups is 2. The zero-order chi connectivity index (χ0) is 21.5. The van der Waals surface area contributed by atoms with Gasteiger partial charge in [-0.25, -0.2) is 4.79 Å². The molecule has 0 aromatic heterocycles. The molecule has 1 aliphatic heterocycles. The number of carbonyl (C=O) groups is 4. The summed E-state index contributed by atoms with van der Waals surface area (Å²) in [6, 6.07) is 0. The monoisotopic (exact) mass is 625 g/mol. The summed E-state index contributed by atoms with van der Waals surface area (Å²) in [5.41, 5.74) is -0.152. The largest absolute Gasteiger partial charge is 0.382 e. The molecule has 8 nitrogen and oxygen atoms in total. The van der Waals surface area contributed by atoms with E-state index in [0.29, 0.717) is 18.1 Å². The molecular formula is C19H35N2O6U-. The fourth-order valence-electron chi connectivity index (χ4n) is 1.92. The summed E-state index contributed by atoms with van der Waals surface area (Å²) in [5, 5.41) is 3.37. The molecule has 1 heterocycles. The van der Waals surface area contributed by atoms with Crippen molar-refractivity contribution in [1.82, 2.24) is 10.4 Å². The normalized spacial score (nSPS) is 12.5. The summed E-state index contributed by atoms with van der Waals surface area (Å²) >= 11 is 0. The van der Waals surface area contributed by atoms with E-state index in [1.54, 1.807) is 6.92 Å². The number of hydrogen-bond acceptors (Lipinski definition) is 6. The van der Waals surface area contributed by atoms with Crippen molar-refractivity contribution < 1.29 is 59.9 Å². The van der Waals surface area contributed by atoms with E-state index in [0.717, 1.165) is 13.0 Å². The van der Waals surface area contributed by atoms with Gasteiger partial charge < -0.3 is 19.7 Å². The Morgan fingerprint density at radius 1 is 1.21 bits per heavy atom. The third-order valence-corrected chi connectivity index (χ3v) is 3.12. The maximum atomic E-state index is 10.9. The molecule has 0 saturated carbocycles. The van der Waals surface area contributed by atoms with E-state index in [-0.39, 0.29) is 55.4 Å². The fraction of sp³-hybridized carbons (Fsp3) is 0.737. The van der Waals surface area contributed by atoms with Crippen LogP contribution in [-0.2, 0) is 28.8 Å². The van der Waals surface area contributed by atoms with Gasteiger partial charge in [-0.1, -0.05) is 27.2 Å². The number of carbonyl (C=O) groups excluding carboxylic acids is 4. The first-order valence-corrected chi connectivity index (χ1v) is 9.40. The van der Waals surface area contributed by atoms with Crippen LogP contribution in [0.1, 0.15) is 74.1 Å². The first-order chi connectivity index (χ1) is 12.6. The molecule has 1 rings (SSSR count). The van der Waals surface area contributed by atoms with Gasteiger partial charge in [0.05, 0.1) is 0 Å². The molecule has 162 valence electrons. The zero-order valence-electron chi connectivity index (χ0n) is 18.2. The Bertz CT molecular complexity index is 467. The van der Waals surface area contributed by atoms with Crippen LogP contribution >= 0.6 is 0 Å². The quantitative estimate of drug-likeness (QED) is 0.253. The molecule has 9 heteroatoms. The SMILES string of the molecule is CC.CCCC(=O)ON1C(=O)[CH-]CC1=O.CCOCCC(C)(C)NC(C)=O.[U]. The standard InChI is InChI=1S/C9H19NO2.C8H10NO4.C2H6.U/c1-5-12-7-6-9(3,4)10-8(2)11;1-2-3-8(12)13-9-6(10)4-5-7(9)11;1-2;/h5-7H2,1-4H3,(H,10,11);4H,2-3,5H2,1H3;1-2H3;/q;-1;;. The summed E-state index contributed by atoms with van der Waals surface area (Å²) in [7, 11) is 0. The Kier molecular flexibility index (Phi) is 20.4. The summed E-state index contributed by atoms with van der Waals surface area (Å²) in [6.45, 7) is 14.7. The topological polar surface area (TPSA) is 102 Å². The van der Waals surface area contributed by atoms with E-state index >= 15 is 0 Å². The van der Waals surface area contributed by atoms with E-state index in [4.69, 9.17) is 4.74 Å². The van der Waals surface area contributed by atoms with Gasteiger partial charge in [0.2, 0.25) is 11.8 Å². The van der Waals surface area contributed by atoms with Gasteiger partial charge in [-0.05, 0) is 33.6 Å². The van der Waals surface area contributed by atoms with Crippen LogP contribution in [0.15, 0.2) is 0 Å². The Labute approximate surface area is 192 Å². The molecule has 1 N–H and O–H groups in total. The molecule has 0 atom stereocenters. The fourth-order valence-corrected chi connectivity index (χ4v) is 1.92. The molecule has 1 fully saturated rings. The number of amides is 3. The van der Waals surface area contributed by atoms with Crippen LogP contribution in [0.2, 0.25) is 0 Å². The number of imide groups is 1. The average Bonchev–Trinajstić information content (AvgIpc) is 2.88. The first kappa shape index (κ1) is 31.7. The Balaban J connectivity index is -0.000000398. The first-order valence-electron chi connectivity index (χ1n) is 9.40. The number of nitrogens with one attached hydrogen (secondary N) is 1. The van der Waals surface area contributed by atoms with Crippen LogP contribution in [0.4, 0.5) is 0 Å². The second kappa shape index (κ2) is 18.0. The van der Waals surface area contributed by atoms with Gasteiger partial charge in [0.25, 0.3) is 0 Å². The molecule has 0 bridgehead atoms. The molecule has 0 spiro atoms. The molecule has 0 radical (unpaired) electrons. The van der Waals surface area contributed by atoms with Crippen LogP contribution < -0.4 is 5.32 Å². The molecule has 0 unspecified atom stereocenters. The van der Waals surface area contributed by atoms with Gasteiger partial charge in [0.15, 0.2) is 0 Å². The minimum atomic E-state index is -0.561. The van der Waals surface area contributed by atoms with Gasteiger partial charge in [0, 0.05) is 63.2 Å². The number of nitrogens with zero attached hydrogens (tertiary/aromatic N) is 1. The van der Waals surface area contributed by atoms with Crippen molar-refractivity contribution in [3.05, 3.63) is 6.42 Å². The average molecular weight is 626 g/mol. The molecular weight excluding hydrogens is 590 g/mol. The van der Waals surface area contributed by atoms with Gasteiger partial charge in [-0.3, -0.25) is 16.0 Å². The Morgan fingerprint density at radius 2 is 1.79 bits per heavy atom. The second-order valence-electron chi connectivity index (χ2n) is 6.16. The van der Waals surface area contributed by atoms with Crippen LogP contribution in [-0.4, -0.2) is 47.5 Å². The van der Waals surface area contributed by atoms with Crippen molar-refractivity contribution in [2.75, 3.05) is 13.2 Å². The van der Waals surface area contributed by atoms with E-state index < -0.39 is 17.8 Å². The van der Waals surface area contributed by atoms with Crippen molar-refractivity contribution in [3.63, 3.8) is 0 Å². The van der Waals surface area contributed by atoms with E-state index in [1.807, 2.05) is 34.6 Å². The van der Waals surface area contributed by atoms with Crippen molar-refractivity contribution in [2.24, 2.45) is 0 Å². The molecule has 0 aromatic carbocycles. The van der Waals surface area contributed by atoms with Crippen LogP contribution in [0, 0.1) is 37.5 Å². The molecule has 0 aliphatic carbocycles. The number of rotatable bonds is 8. The van der Waals surface area contributed by atoms with E-state index in [2.05, 4.69) is 10.2 Å². The Morgan fingerprint density at radius 3 is 2.18 bits per heavy atom. The van der Waals surface area contributed by atoms with Crippen LogP contribution in [0.25, 0.3) is 0 Å². The predicted octanol–water partition coefficient (Wildman–Crippen LogP) is 2.56. The molecule has 28 heavy (non-hydrogen) atoms. The van der Waals surface area contributed by atoms with Crippen molar-refractivity contribution in [1.29, 1.82) is 0 Å². The third kappa shape index (κ3) is 16.0. The second-order valence-corrected chi connectivity index (χ2v) is 6.16. The van der Waals surface area contributed by atoms with Gasteiger partial charge >= 0.3 is 5.97 Å². The molecule has 3 amide bonds. The zero-order valence-corrected chi connectivity index (χ0v) is 22.4. The van der Waals surface area contributed by atoms with Crippen LogP contribution in [0.3, 0.4) is 0 Å². The van der Waals surface area contributed by atoms with E-state index in [1.165, 1.54) is 13.3 Å². The predicted molar refractivity (Wildman–Crippen MR) is 102 cm³/mol. The van der Waals surface area contributed by atoms with Crippen molar-refractivity contribution >= 4 is 23.7 Å². The number of ether oxygens (including phenoxy) is 1. The Hall–Kier alpha value is -1.04. The van der Waals surface area contributed by atoms with Crippen molar-refractivity contribution in [3.8, 4) is 0 Å². The van der Waals surface area contributed by atoms with Gasteiger partial charge in [-0.2, -0.15) is 0 Å². The summed E-state index contributed by atoms with van der Waals surface area (Å²) in [5.74, 6) is -1.60.